The number of benzene rings is 1. The third kappa shape index (κ3) is 3.36. The van der Waals surface area contributed by atoms with E-state index in [2.05, 4.69) is 9.88 Å². The minimum absolute atomic E-state index is 0.106. The third-order valence-corrected chi connectivity index (χ3v) is 7.02. The lowest BCUT2D eigenvalue weighted by molar-refractivity contribution is 0.148. The standard InChI is InChI=1S/C21H23N5O2S/c27-18-19(28)26(14-16-4-2-1-3-5-16)23-20-21(8-12-25(18)20)6-10-24(11-7-21)15-17-22-9-13-29-17/h1-5,9,13H,6-8,10-12,14-15H2. The average Bonchev–Trinajstić information content (AvgIpc) is 3.37. The summed E-state index contributed by atoms with van der Waals surface area (Å²) in [4.78, 5) is 32.1. The lowest BCUT2D eigenvalue weighted by atomic mass is 9.77. The Morgan fingerprint density at radius 1 is 0.966 bits per heavy atom. The first kappa shape index (κ1) is 18.4. The van der Waals surface area contributed by atoms with Crippen LogP contribution >= 0.6 is 11.3 Å². The second kappa shape index (κ2) is 7.35. The van der Waals surface area contributed by atoms with Crippen LogP contribution in [0.15, 0.2) is 51.5 Å². The van der Waals surface area contributed by atoms with Crippen molar-refractivity contribution in [2.75, 3.05) is 13.1 Å². The molecule has 3 aromatic rings. The highest BCUT2D eigenvalue weighted by molar-refractivity contribution is 7.09. The number of hydrogen-bond donors (Lipinski definition) is 0. The molecule has 0 radical (unpaired) electrons. The Labute approximate surface area is 172 Å². The molecule has 4 heterocycles. The van der Waals surface area contributed by atoms with E-state index in [1.165, 1.54) is 4.68 Å². The second-order valence-corrected chi connectivity index (χ2v) is 8.94. The number of nitrogens with zero attached hydrogens (tertiary/aromatic N) is 5. The molecule has 2 aromatic heterocycles. The van der Waals surface area contributed by atoms with Crippen molar-refractivity contribution in [2.45, 2.75) is 44.3 Å². The van der Waals surface area contributed by atoms with Crippen LogP contribution < -0.4 is 11.1 Å². The fourth-order valence-corrected chi connectivity index (χ4v) is 5.23. The molecule has 1 saturated heterocycles. The van der Waals surface area contributed by atoms with Gasteiger partial charge >= 0.3 is 11.1 Å². The van der Waals surface area contributed by atoms with Crippen LogP contribution in [0.25, 0.3) is 0 Å². The van der Waals surface area contributed by atoms with E-state index in [1.807, 2.05) is 41.9 Å². The van der Waals surface area contributed by atoms with Crippen molar-refractivity contribution in [1.82, 2.24) is 24.2 Å². The molecule has 5 rings (SSSR count). The highest BCUT2D eigenvalue weighted by atomic mass is 32.1. The molecule has 0 N–H and O–H groups in total. The maximum Gasteiger partial charge on any atom is 0.332 e. The van der Waals surface area contributed by atoms with Crippen molar-refractivity contribution in [2.24, 2.45) is 0 Å². The molecule has 1 aromatic carbocycles. The van der Waals surface area contributed by atoms with E-state index >= 15 is 0 Å². The van der Waals surface area contributed by atoms with Gasteiger partial charge in [0.1, 0.15) is 10.8 Å². The SMILES string of the molecule is O=c1c(=O)n2c(nn1Cc1ccccc1)C1(CCN(Cc3nccs3)CC1)CC2. The average molecular weight is 410 g/mol. The van der Waals surface area contributed by atoms with Gasteiger partial charge in [-0.25, -0.2) is 9.67 Å². The fourth-order valence-electron chi connectivity index (χ4n) is 4.57. The molecule has 0 amide bonds. The summed E-state index contributed by atoms with van der Waals surface area (Å²) >= 11 is 1.69. The highest BCUT2D eigenvalue weighted by Gasteiger charge is 2.44. The highest BCUT2D eigenvalue weighted by Crippen LogP contribution is 2.41. The van der Waals surface area contributed by atoms with E-state index in [1.54, 1.807) is 15.9 Å². The van der Waals surface area contributed by atoms with Gasteiger partial charge in [0.15, 0.2) is 0 Å². The Morgan fingerprint density at radius 2 is 1.72 bits per heavy atom. The quantitative estimate of drug-likeness (QED) is 0.615. The second-order valence-electron chi connectivity index (χ2n) is 7.96. The molecule has 29 heavy (non-hydrogen) atoms. The van der Waals surface area contributed by atoms with Crippen LogP contribution in [0.1, 0.15) is 35.7 Å². The molecule has 2 aliphatic heterocycles. The fraction of sp³-hybridized carbons (Fsp3) is 0.429. The minimum atomic E-state index is -0.532. The number of aromatic nitrogens is 4. The molecule has 0 bridgehead atoms. The molecule has 0 unspecified atom stereocenters. The largest absolute Gasteiger partial charge is 0.332 e. The lowest BCUT2D eigenvalue weighted by Gasteiger charge is -2.38. The molecular formula is C21H23N5O2S. The Bertz CT molecular complexity index is 1110. The van der Waals surface area contributed by atoms with Crippen molar-refractivity contribution >= 4 is 11.3 Å². The van der Waals surface area contributed by atoms with Gasteiger partial charge in [0.05, 0.1) is 13.1 Å². The number of rotatable bonds is 4. The summed E-state index contributed by atoms with van der Waals surface area (Å²) < 4.78 is 2.98. The van der Waals surface area contributed by atoms with E-state index in [0.29, 0.717) is 13.1 Å². The molecular weight excluding hydrogens is 386 g/mol. The maximum absolute atomic E-state index is 12.7. The Hall–Kier alpha value is -2.58. The van der Waals surface area contributed by atoms with Crippen LogP contribution in [0.2, 0.25) is 0 Å². The summed E-state index contributed by atoms with van der Waals surface area (Å²) in [6.07, 6.45) is 4.64. The van der Waals surface area contributed by atoms with Gasteiger partial charge in [-0.1, -0.05) is 30.3 Å². The van der Waals surface area contributed by atoms with Crippen LogP contribution in [0.3, 0.4) is 0 Å². The van der Waals surface area contributed by atoms with Crippen LogP contribution in [0.4, 0.5) is 0 Å². The Morgan fingerprint density at radius 3 is 2.45 bits per heavy atom. The zero-order chi connectivity index (χ0) is 19.8. The molecule has 150 valence electrons. The van der Waals surface area contributed by atoms with E-state index in [9.17, 15) is 9.59 Å². The minimum Gasteiger partial charge on any atom is -0.297 e. The van der Waals surface area contributed by atoms with E-state index < -0.39 is 11.1 Å². The number of piperidine rings is 1. The number of likely N-dealkylation sites (tertiary alicyclic amines) is 1. The molecule has 1 fully saturated rings. The monoisotopic (exact) mass is 409 g/mol. The first-order valence-electron chi connectivity index (χ1n) is 10.0. The van der Waals surface area contributed by atoms with Crippen LogP contribution in [0, 0.1) is 0 Å². The van der Waals surface area contributed by atoms with Crippen molar-refractivity contribution < 1.29 is 0 Å². The van der Waals surface area contributed by atoms with E-state index in [-0.39, 0.29) is 5.41 Å². The van der Waals surface area contributed by atoms with Gasteiger partial charge in [-0.2, -0.15) is 5.10 Å². The summed E-state index contributed by atoms with van der Waals surface area (Å²) in [6.45, 7) is 3.70. The number of fused-ring (bicyclic) bond motifs is 2. The van der Waals surface area contributed by atoms with Gasteiger partial charge in [0.25, 0.3) is 0 Å². The summed E-state index contributed by atoms with van der Waals surface area (Å²) in [7, 11) is 0. The van der Waals surface area contributed by atoms with Crippen molar-refractivity contribution in [3.8, 4) is 0 Å². The summed E-state index contributed by atoms with van der Waals surface area (Å²) in [5.41, 5.74) is -0.106. The molecule has 0 atom stereocenters. The lowest BCUT2D eigenvalue weighted by Crippen LogP contribution is -2.47. The molecule has 0 saturated carbocycles. The topological polar surface area (TPSA) is 73.0 Å². The third-order valence-electron chi connectivity index (χ3n) is 6.25. The van der Waals surface area contributed by atoms with Gasteiger partial charge in [-0.05, 0) is 37.9 Å². The van der Waals surface area contributed by atoms with Crippen LogP contribution in [-0.2, 0) is 25.0 Å². The number of thiazole rings is 1. The predicted molar refractivity (Wildman–Crippen MR) is 111 cm³/mol. The number of hydrogen-bond acceptors (Lipinski definition) is 6. The summed E-state index contributed by atoms with van der Waals surface area (Å²) in [6, 6.07) is 9.70. The van der Waals surface area contributed by atoms with Gasteiger partial charge in [-0.15, -0.1) is 11.3 Å². The molecule has 0 aliphatic carbocycles. The summed E-state index contributed by atoms with van der Waals surface area (Å²) in [5, 5.41) is 7.87. The Balaban J connectivity index is 1.42. The smallest absolute Gasteiger partial charge is 0.297 e. The van der Waals surface area contributed by atoms with Gasteiger partial charge in [0.2, 0.25) is 0 Å². The van der Waals surface area contributed by atoms with Crippen molar-refractivity contribution in [3.05, 3.63) is 79.0 Å². The zero-order valence-corrected chi connectivity index (χ0v) is 17.0. The van der Waals surface area contributed by atoms with Gasteiger partial charge < -0.3 is 0 Å². The molecule has 2 aliphatic rings. The Kier molecular flexibility index (Phi) is 4.67. The van der Waals surface area contributed by atoms with Gasteiger partial charge in [0, 0.05) is 23.5 Å². The first-order valence-corrected chi connectivity index (χ1v) is 10.9. The summed E-state index contributed by atoms with van der Waals surface area (Å²) in [5.74, 6) is 0.798. The molecule has 7 nitrogen and oxygen atoms in total. The van der Waals surface area contributed by atoms with E-state index in [0.717, 1.165) is 55.3 Å². The molecule has 1 spiro atoms. The maximum atomic E-state index is 12.7. The van der Waals surface area contributed by atoms with Crippen molar-refractivity contribution in [1.29, 1.82) is 0 Å². The van der Waals surface area contributed by atoms with Crippen LogP contribution in [0.5, 0.6) is 0 Å². The molecule has 8 heteroatoms. The predicted octanol–water partition coefficient (Wildman–Crippen LogP) is 1.85. The van der Waals surface area contributed by atoms with Crippen molar-refractivity contribution in [3.63, 3.8) is 0 Å². The van der Waals surface area contributed by atoms with Gasteiger partial charge in [-0.3, -0.25) is 19.1 Å². The zero-order valence-electron chi connectivity index (χ0n) is 16.2. The van der Waals surface area contributed by atoms with E-state index in [4.69, 9.17) is 5.10 Å². The van der Waals surface area contributed by atoms with Crippen LogP contribution in [-0.4, -0.2) is 37.3 Å². The first-order chi connectivity index (χ1) is 14.1. The normalized spacial score (nSPS) is 18.2.